The SMILES string of the molecule is C/C(=N\NC(=O)[C@@H]1COc2ccccc2O1)c1cc(Br)ccc1O. The number of nitrogens with zero attached hydrogens (tertiary/aromatic N) is 1. The van der Waals surface area contributed by atoms with Gasteiger partial charge in [0, 0.05) is 10.0 Å². The number of carbonyl (C=O) groups is 1. The number of hydrogen-bond acceptors (Lipinski definition) is 5. The number of hydrazone groups is 1. The van der Waals surface area contributed by atoms with Gasteiger partial charge in [-0.05, 0) is 37.3 Å². The molecule has 24 heavy (non-hydrogen) atoms. The van der Waals surface area contributed by atoms with E-state index in [2.05, 4.69) is 26.5 Å². The molecule has 2 N–H and O–H groups in total. The van der Waals surface area contributed by atoms with Crippen molar-refractivity contribution in [1.82, 2.24) is 5.43 Å². The van der Waals surface area contributed by atoms with E-state index in [-0.39, 0.29) is 12.4 Å². The van der Waals surface area contributed by atoms with Gasteiger partial charge in [-0.3, -0.25) is 4.79 Å². The summed E-state index contributed by atoms with van der Waals surface area (Å²) < 4.78 is 11.9. The smallest absolute Gasteiger partial charge is 0.284 e. The quantitative estimate of drug-likeness (QED) is 0.623. The molecule has 0 saturated heterocycles. The summed E-state index contributed by atoms with van der Waals surface area (Å²) >= 11 is 3.33. The number of rotatable bonds is 3. The third-order valence-electron chi connectivity index (χ3n) is 3.48. The van der Waals surface area contributed by atoms with Crippen molar-refractivity contribution < 1.29 is 19.4 Å². The Hall–Kier alpha value is -2.54. The zero-order valence-corrected chi connectivity index (χ0v) is 14.4. The van der Waals surface area contributed by atoms with Crippen LogP contribution < -0.4 is 14.9 Å². The van der Waals surface area contributed by atoms with Crippen LogP contribution in [0.2, 0.25) is 0 Å². The number of halogens is 1. The van der Waals surface area contributed by atoms with Crippen LogP contribution in [0.25, 0.3) is 0 Å². The van der Waals surface area contributed by atoms with Gasteiger partial charge in [0.1, 0.15) is 12.4 Å². The maximum absolute atomic E-state index is 12.2. The molecule has 3 rings (SSSR count). The van der Waals surface area contributed by atoms with Crippen molar-refractivity contribution in [1.29, 1.82) is 0 Å². The first-order valence-corrected chi connectivity index (χ1v) is 8.05. The van der Waals surface area contributed by atoms with Gasteiger partial charge < -0.3 is 14.6 Å². The largest absolute Gasteiger partial charge is 0.507 e. The number of nitrogens with one attached hydrogen (secondary N) is 1. The van der Waals surface area contributed by atoms with Gasteiger partial charge in [0.05, 0.1) is 5.71 Å². The molecule has 1 heterocycles. The predicted octanol–water partition coefficient (Wildman–Crippen LogP) is 2.83. The van der Waals surface area contributed by atoms with Crippen molar-refractivity contribution >= 4 is 27.5 Å². The summed E-state index contributed by atoms with van der Waals surface area (Å²) in [6, 6.07) is 12.1. The number of phenolic OH excluding ortho intramolecular Hbond substituents is 1. The molecule has 124 valence electrons. The first kappa shape index (κ1) is 16.3. The minimum Gasteiger partial charge on any atom is -0.507 e. The van der Waals surface area contributed by atoms with E-state index in [1.165, 1.54) is 0 Å². The number of fused-ring (bicyclic) bond motifs is 1. The second-order valence-electron chi connectivity index (χ2n) is 5.20. The number of ether oxygens (including phenoxy) is 2. The van der Waals surface area contributed by atoms with E-state index in [0.29, 0.717) is 22.8 Å². The maximum Gasteiger partial charge on any atom is 0.284 e. The molecule has 7 heteroatoms. The van der Waals surface area contributed by atoms with Crippen LogP contribution in [0.1, 0.15) is 12.5 Å². The van der Waals surface area contributed by atoms with E-state index in [4.69, 9.17) is 9.47 Å². The van der Waals surface area contributed by atoms with Gasteiger partial charge in [-0.2, -0.15) is 5.10 Å². The molecule has 2 aromatic rings. The van der Waals surface area contributed by atoms with Crippen molar-refractivity contribution in [2.75, 3.05) is 6.61 Å². The second-order valence-corrected chi connectivity index (χ2v) is 6.11. The van der Waals surface area contributed by atoms with E-state index in [0.717, 1.165) is 4.47 Å². The third-order valence-corrected chi connectivity index (χ3v) is 3.98. The number of phenols is 1. The Morgan fingerprint density at radius 1 is 1.29 bits per heavy atom. The summed E-state index contributed by atoms with van der Waals surface area (Å²) in [6.07, 6.45) is -0.785. The average molecular weight is 391 g/mol. The Morgan fingerprint density at radius 3 is 2.83 bits per heavy atom. The molecule has 0 radical (unpaired) electrons. The van der Waals surface area contributed by atoms with Crippen LogP contribution in [-0.4, -0.2) is 29.4 Å². The zero-order valence-electron chi connectivity index (χ0n) is 12.8. The highest BCUT2D eigenvalue weighted by molar-refractivity contribution is 9.10. The molecule has 1 aliphatic rings. The topological polar surface area (TPSA) is 80.2 Å². The molecule has 0 saturated carbocycles. The van der Waals surface area contributed by atoms with Crippen LogP contribution in [0.4, 0.5) is 0 Å². The van der Waals surface area contributed by atoms with Crippen LogP contribution in [-0.2, 0) is 4.79 Å². The van der Waals surface area contributed by atoms with E-state index < -0.39 is 12.0 Å². The number of amides is 1. The average Bonchev–Trinajstić information content (AvgIpc) is 2.61. The fourth-order valence-corrected chi connectivity index (χ4v) is 2.58. The predicted molar refractivity (Wildman–Crippen MR) is 92.5 cm³/mol. The number of carbonyl (C=O) groups excluding carboxylic acids is 1. The Bertz CT molecular complexity index is 807. The maximum atomic E-state index is 12.2. The minimum atomic E-state index is -0.785. The van der Waals surface area contributed by atoms with Crippen LogP contribution in [0.15, 0.2) is 52.0 Å². The molecule has 6 nitrogen and oxygen atoms in total. The van der Waals surface area contributed by atoms with Gasteiger partial charge in [0.25, 0.3) is 5.91 Å². The zero-order chi connectivity index (χ0) is 17.1. The van der Waals surface area contributed by atoms with Crippen molar-refractivity contribution in [3.8, 4) is 17.2 Å². The first-order chi connectivity index (χ1) is 11.5. The van der Waals surface area contributed by atoms with E-state index in [1.807, 2.05) is 6.07 Å². The molecule has 0 bridgehead atoms. The van der Waals surface area contributed by atoms with Gasteiger partial charge in [-0.15, -0.1) is 0 Å². The lowest BCUT2D eigenvalue weighted by molar-refractivity contribution is -0.130. The molecule has 1 aliphatic heterocycles. The molecule has 1 atom stereocenters. The Balaban J connectivity index is 1.68. The lowest BCUT2D eigenvalue weighted by Crippen LogP contribution is -2.42. The van der Waals surface area contributed by atoms with Gasteiger partial charge in [-0.25, -0.2) is 5.43 Å². The fraction of sp³-hybridized carbons (Fsp3) is 0.176. The minimum absolute atomic E-state index is 0.0832. The van der Waals surface area contributed by atoms with E-state index in [9.17, 15) is 9.90 Å². The third kappa shape index (κ3) is 3.51. The van der Waals surface area contributed by atoms with Crippen molar-refractivity contribution in [3.05, 3.63) is 52.5 Å². The summed E-state index contributed by atoms with van der Waals surface area (Å²) in [5.74, 6) is 0.799. The number of benzene rings is 2. The highest BCUT2D eigenvalue weighted by Crippen LogP contribution is 2.30. The normalized spacial score (nSPS) is 16.6. The molecule has 1 amide bonds. The van der Waals surface area contributed by atoms with Gasteiger partial charge >= 0.3 is 0 Å². The summed E-state index contributed by atoms with van der Waals surface area (Å²) in [4.78, 5) is 12.2. The van der Waals surface area contributed by atoms with Crippen LogP contribution in [0.5, 0.6) is 17.2 Å². The molecular weight excluding hydrogens is 376 g/mol. The van der Waals surface area contributed by atoms with Crippen LogP contribution in [0.3, 0.4) is 0 Å². The first-order valence-electron chi connectivity index (χ1n) is 7.26. The van der Waals surface area contributed by atoms with Crippen LogP contribution in [0, 0.1) is 0 Å². The highest BCUT2D eigenvalue weighted by Gasteiger charge is 2.27. The summed E-state index contributed by atoms with van der Waals surface area (Å²) in [5, 5.41) is 13.9. The molecular formula is C17H15BrN2O4. The summed E-state index contributed by atoms with van der Waals surface area (Å²) in [5.41, 5.74) is 3.44. The molecule has 0 aliphatic carbocycles. The second kappa shape index (κ2) is 6.92. The van der Waals surface area contributed by atoms with Gasteiger partial charge in [0.2, 0.25) is 6.10 Å². The lowest BCUT2D eigenvalue weighted by atomic mass is 10.1. The summed E-state index contributed by atoms with van der Waals surface area (Å²) in [7, 11) is 0. The van der Waals surface area contributed by atoms with Gasteiger partial charge in [0.15, 0.2) is 11.5 Å². The summed E-state index contributed by atoms with van der Waals surface area (Å²) in [6.45, 7) is 1.80. The molecule has 0 unspecified atom stereocenters. The molecule has 0 aromatic heterocycles. The number of hydrogen-bond donors (Lipinski definition) is 2. The monoisotopic (exact) mass is 390 g/mol. The molecule has 2 aromatic carbocycles. The Morgan fingerprint density at radius 2 is 2.04 bits per heavy atom. The standard InChI is InChI=1S/C17H15BrN2O4/c1-10(12-8-11(18)6-7-13(12)21)19-20-17(22)16-9-23-14-4-2-3-5-15(14)24-16/h2-8,16,21H,9H2,1H3,(H,20,22)/b19-10+/t16-/m0/s1. The molecule has 0 fully saturated rings. The van der Waals surface area contributed by atoms with Crippen molar-refractivity contribution in [2.24, 2.45) is 5.10 Å². The van der Waals surface area contributed by atoms with Gasteiger partial charge in [-0.1, -0.05) is 28.1 Å². The van der Waals surface area contributed by atoms with Crippen molar-refractivity contribution in [3.63, 3.8) is 0 Å². The lowest BCUT2D eigenvalue weighted by Gasteiger charge is -2.24. The van der Waals surface area contributed by atoms with E-state index in [1.54, 1.807) is 43.3 Å². The fourth-order valence-electron chi connectivity index (χ4n) is 2.22. The van der Waals surface area contributed by atoms with Crippen molar-refractivity contribution in [2.45, 2.75) is 13.0 Å². The molecule has 0 spiro atoms. The van der Waals surface area contributed by atoms with E-state index >= 15 is 0 Å². The Kier molecular flexibility index (Phi) is 4.71. The van der Waals surface area contributed by atoms with Crippen LogP contribution >= 0.6 is 15.9 Å². The number of para-hydroxylation sites is 2. The number of aromatic hydroxyl groups is 1. The Labute approximate surface area is 147 Å². The highest BCUT2D eigenvalue weighted by atomic mass is 79.9.